The van der Waals surface area contributed by atoms with Crippen molar-refractivity contribution in [1.29, 1.82) is 0 Å². The van der Waals surface area contributed by atoms with Gasteiger partial charge in [0, 0.05) is 24.5 Å². The summed E-state index contributed by atoms with van der Waals surface area (Å²) in [5, 5.41) is 12.2. The summed E-state index contributed by atoms with van der Waals surface area (Å²) in [6.45, 7) is 9.05. The molecule has 5 nitrogen and oxygen atoms in total. The van der Waals surface area contributed by atoms with Gasteiger partial charge in [0.05, 0.1) is 6.61 Å². The van der Waals surface area contributed by atoms with E-state index < -0.39 is 10.0 Å². The summed E-state index contributed by atoms with van der Waals surface area (Å²) in [6.07, 6.45) is 1.52. The Hall–Kier alpha value is -0.730. The lowest BCUT2D eigenvalue weighted by molar-refractivity contribution is 0.260. The van der Waals surface area contributed by atoms with E-state index in [1.807, 2.05) is 13.8 Å². The van der Waals surface area contributed by atoms with Crippen molar-refractivity contribution in [1.82, 2.24) is 9.62 Å². The maximum atomic E-state index is 12.5. The van der Waals surface area contributed by atoms with Gasteiger partial charge in [0.2, 0.25) is 0 Å². The van der Waals surface area contributed by atoms with Crippen molar-refractivity contribution in [2.45, 2.75) is 24.6 Å². The summed E-state index contributed by atoms with van der Waals surface area (Å²) >= 11 is 1.28. The number of nitrogens with one attached hydrogen (secondary N) is 1. The van der Waals surface area contributed by atoms with Gasteiger partial charge in [-0.25, -0.2) is 8.42 Å². The zero-order chi connectivity index (χ0) is 15.2. The zero-order valence-electron chi connectivity index (χ0n) is 11.9. The van der Waals surface area contributed by atoms with Crippen molar-refractivity contribution in [2.24, 2.45) is 0 Å². The molecular weight excluding hydrogens is 296 g/mol. The van der Waals surface area contributed by atoms with Crippen LogP contribution in [0.1, 0.15) is 17.4 Å². The number of thiophene rings is 1. The van der Waals surface area contributed by atoms with Crippen LogP contribution in [0.25, 0.3) is 0 Å². The molecule has 0 aromatic carbocycles. The van der Waals surface area contributed by atoms with Crippen LogP contribution >= 0.6 is 11.3 Å². The van der Waals surface area contributed by atoms with Crippen LogP contribution in [0.5, 0.6) is 0 Å². The first-order valence-corrected chi connectivity index (χ1v) is 8.75. The van der Waals surface area contributed by atoms with Crippen LogP contribution in [-0.4, -0.2) is 44.1 Å². The fourth-order valence-electron chi connectivity index (χ4n) is 1.72. The van der Waals surface area contributed by atoms with Gasteiger partial charge in [0.25, 0.3) is 10.0 Å². The smallest absolute Gasteiger partial charge is 0.252 e. The van der Waals surface area contributed by atoms with Crippen molar-refractivity contribution in [3.8, 4) is 0 Å². The predicted molar refractivity (Wildman–Crippen MR) is 82.5 cm³/mol. The number of rotatable bonds is 9. The van der Waals surface area contributed by atoms with E-state index in [0.29, 0.717) is 10.8 Å². The molecule has 2 N–H and O–H groups in total. The highest BCUT2D eigenvalue weighted by atomic mass is 32.2. The van der Waals surface area contributed by atoms with Crippen molar-refractivity contribution < 1.29 is 13.5 Å². The molecule has 0 atom stereocenters. The number of sulfonamides is 1. The minimum absolute atomic E-state index is 0.0772. The van der Waals surface area contributed by atoms with Crippen LogP contribution in [0.2, 0.25) is 0 Å². The number of hydrogen-bond donors (Lipinski definition) is 2. The zero-order valence-corrected chi connectivity index (χ0v) is 13.6. The van der Waals surface area contributed by atoms with E-state index in [2.05, 4.69) is 11.9 Å². The first-order chi connectivity index (χ1) is 9.47. The number of aliphatic hydroxyl groups is 1. The Morgan fingerprint density at radius 3 is 2.80 bits per heavy atom. The lowest BCUT2D eigenvalue weighted by atomic mass is 10.3. The second-order valence-corrected chi connectivity index (χ2v) is 7.63. The second kappa shape index (κ2) is 7.90. The molecule has 0 fully saturated rings. The van der Waals surface area contributed by atoms with Crippen LogP contribution in [0.4, 0.5) is 0 Å². The minimum atomic E-state index is -3.56. The van der Waals surface area contributed by atoms with E-state index in [1.54, 1.807) is 6.07 Å². The van der Waals surface area contributed by atoms with Gasteiger partial charge < -0.3 is 10.4 Å². The molecule has 0 amide bonds. The van der Waals surface area contributed by atoms with Gasteiger partial charge in [-0.2, -0.15) is 4.31 Å². The highest BCUT2D eigenvalue weighted by Gasteiger charge is 2.25. The van der Waals surface area contributed by atoms with E-state index in [0.717, 1.165) is 17.0 Å². The molecule has 20 heavy (non-hydrogen) atoms. The predicted octanol–water partition coefficient (Wildman–Crippen LogP) is 1.34. The maximum absolute atomic E-state index is 12.5. The van der Waals surface area contributed by atoms with Gasteiger partial charge >= 0.3 is 0 Å². The molecule has 0 unspecified atom stereocenters. The second-order valence-electron chi connectivity index (χ2n) is 4.33. The Labute approximate surface area is 125 Å². The summed E-state index contributed by atoms with van der Waals surface area (Å²) in [5.41, 5.74) is 0.970. The molecule has 0 radical (unpaired) electrons. The highest BCUT2D eigenvalue weighted by Crippen LogP contribution is 2.28. The van der Waals surface area contributed by atoms with Crippen molar-refractivity contribution in [2.75, 3.05) is 26.2 Å². The average molecular weight is 318 g/mol. The van der Waals surface area contributed by atoms with Gasteiger partial charge in [0.15, 0.2) is 0 Å². The van der Waals surface area contributed by atoms with Crippen molar-refractivity contribution >= 4 is 21.4 Å². The Bertz CT molecular complexity index is 538. The minimum Gasteiger partial charge on any atom is -0.395 e. The largest absolute Gasteiger partial charge is 0.395 e. The molecule has 0 saturated heterocycles. The monoisotopic (exact) mass is 318 g/mol. The first-order valence-electron chi connectivity index (χ1n) is 6.49. The Morgan fingerprint density at radius 1 is 1.55 bits per heavy atom. The Kier molecular flexibility index (Phi) is 6.84. The molecule has 0 aliphatic carbocycles. The van der Waals surface area contributed by atoms with Crippen LogP contribution in [0.3, 0.4) is 0 Å². The third-order valence-electron chi connectivity index (χ3n) is 2.81. The van der Waals surface area contributed by atoms with Crippen LogP contribution in [0.15, 0.2) is 22.9 Å². The van der Waals surface area contributed by atoms with Gasteiger partial charge in [-0.05, 0) is 25.1 Å². The maximum Gasteiger partial charge on any atom is 0.252 e. The van der Waals surface area contributed by atoms with Gasteiger partial charge in [0.1, 0.15) is 4.21 Å². The third-order valence-corrected chi connectivity index (χ3v) is 6.36. The quantitative estimate of drug-likeness (QED) is 0.674. The first kappa shape index (κ1) is 17.3. The summed E-state index contributed by atoms with van der Waals surface area (Å²) in [5.74, 6) is 0. The summed E-state index contributed by atoms with van der Waals surface area (Å²) < 4.78 is 26.6. The van der Waals surface area contributed by atoms with E-state index in [1.165, 1.54) is 21.7 Å². The third kappa shape index (κ3) is 4.13. The molecule has 1 aromatic heterocycles. The Morgan fingerprint density at radius 2 is 2.25 bits per heavy atom. The SMILES string of the molecule is C=CCN(CCO)S(=O)(=O)c1cc(C)c(CNCC)s1. The van der Waals surface area contributed by atoms with Gasteiger partial charge in [-0.1, -0.05) is 13.0 Å². The number of hydrogen-bond acceptors (Lipinski definition) is 5. The molecule has 0 aliphatic heterocycles. The fourth-order valence-corrected chi connectivity index (χ4v) is 4.84. The molecule has 1 rings (SSSR count). The topological polar surface area (TPSA) is 69.6 Å². The van der Waals surface area contributed by atoms with E-state index in [4.69, 9.17) is 5.11 Å². The van der Waals surface area contributed by atoms with Gasteiger partial charge in [-0.15, -0.1) is 17.9 Å². The lowest BCUT2D eigenvalue weighted by Gasteiger charge is -2.18. The number of nitrogens with zero attached hydrogens (tertiary/aromatic N) is 1. The lowest BCUT2D eigenvalue weighted by Crippen LogP contribution is -2.33. The molecule has 1 aromatic rings. The molecule has 114 valence electrons. The molecule has 0 spiro atoms. The summed E-state index contributed by atoms with van der Waals surface area (Å²) in [6, 6.07) is 1.69. The number of aryl methyl sites for hydroxylation is 1. The van der Waals surface area contributed by atoms with Crippen LogP contribution in [0, 0.1) is 6.92 Å². The molecule has 0 bridgehead atoms. The van der Waals surface area contributed by atoms with Crippen molar-refractivity contribution in [3.63, 3.8) is 0 Å². The molecule has 0 saturated carbocycles. The number of aliphatic hydroxyl groups excluding tert-OH is 1. The highest BCUT2D eigenvalue weighted by molar-refractivity contribution is 7.91. The van der Waals surface area contributed by atoms with E-state index in [-0.39, 0.29) is 19.7 Å². The summed E-state index contributed by atoms with van der Waals surface area (Å²) in [7, 11) is -3.56. The van der Waals surface area contributed by atoms with Crippen LogP contribution < -0.4 is 5.32 Å². The van der Waals surface area contributed by atoms with E-state index in [9.17, 15) is 8.42 Å². The molecule has 7 heteroatoms. The Balaban J connectivity index is 3.04. The standard InChI is InChI=1S/C13H22N2O3S2/c1-4-6-15(7-8-16)20(17,18)13-9-11(3)12(19-13)10-14-5-2/h4,9,14,16H,1,5-8,10H2,2-3H3. The van der Waals surface area contributed by atoms with Crippen molar-refractivity contribution in [3.05, 3.63) is 29.2 Å². The summed E-state index contributed by atoms with van der Waals surface area (Å²) in [4.78, 5) is 1.02. The molecular formula is C13H22N2O3S2. The normalized spacial score (nSPS) is 12.0. The van der Waals surface area contributed by atoms with E-state index >= 15 is 0 Å². The van der Waals surface area contributed by atoms with Crippen LogP contribution in [-0.2, 0) is 16.6 Å². The molecule has 0 aliphatic rings. The average Bonchev–Trinajstić information content (AvgIpc) is 2.78. The fraction of sp³-hybridized carbons (Fsp3) is 0.538. The molecule has 1 heterocycles. The van der Waals surface area contributed by atoms with Gasteiger partial charge in [-0.3, -0.25) is 0 Å².